The van der Waals surface area contributed by atoms with Crippen LogP contribution in [-0.2, 0) is 14.4 Å². The molecular weight excluding hydrogens is 196 g/mol. The summed E-state index contributed by atoms with van der Waals surface area (Å²) in [6, 6.07) is -0.592. The Morgan fingerprint density at radius 2 is 2.13 bits per heavy atom. The summed E-state index contributed by atoms with van der Waals surface area (Å²) < 4.78 is 0. The van der Waals surface area contributed by atoms with Crippen LogP contribution in [0.3, 0.4) is 0 Å². The van der Waals surface area contributed by atoms with Crippen molar-refractivity contribution in [2.45, 2.75) is 32.7 Å². The molecule has 2 N–H and O–H groups in total. The zero-order chi connectivity index (χ0) is 11.4. The summed E-state index contributed by atoms with van der Waals surface area (Å²) in [5.74, 6) is -1.01. The highest BCUT2D eigenvalue weighted by Gasteiger charge is 2.27. The number of carbonyl (C=O) groups excluding carboxylic acids is 3. The molecule has 0 bridgehead atoms. The molecule has 3 amide bonds. The van der Waals surface area contributed by atoms with Crippen molar-refractivity contribution in [1.29, 1.82) is 0 Å². The largest absolute Gasteiger partial charge is 0.341 e. The van der Waals surface area contributed by atoms with Crippen LogP contribution in [0.25, 0.3) is 0 Å². The fourth-order valence-corrected chi connectivity index (χ4v) is 1.31. The lowest BCUT2D eigenvalue weighted by Gasteiger charge is -2.21. The first-order chi connectivity index (χ1) is 6.99. The number of allylic oxidation sites excluding steroid dienone is 1. The lowest BCUT2D eigenvalue weighted by Crippen LogP contribution is -2.52. The lowest BCUT2D eigenvalue weighted by molar-refractivity contribution is -0.136. The van der Waals surface area contributed by atoms with E-state index in [0.717, 1.165) is 5.57 Å². The average Bonchev–Trinajstić information content (AvgIpc) is 2.08. The van der Waals surface area contributed by atoms with E-state index in [1.165, 1.54) is 6.08 Å². The minimum atomic E-state index is -0.592. The maximum absolute atomic E-state index is 11.3. The first kappa shape index (κ1) is 11.4. The van der Waals surface area contributed by atoms with Gasteiger partial charge in [0.25, 0.3) is 0 Å². The molecule has 1 aliphatic heterocycles. The predicted molar refractivity (Wildman–Crippen MR) is 53.7 cm³/mol. The predicted octanol–water partition coefficient (Wildman–Crippen LogP) is -0.126. The fourth-order valence-electron chi connectivity index (χ4n) is 1.31. The Hall–Kier alpha value is -1.65. The van der Waals surface area contributed by atoms with Crippen molar-refractivity contribution >= 4 is 17.7 Å². The second kappa shape index (κ2) is 4.72. The van der Waals surface area contributed by atoms with E-state index < -0.39 is 11.9 Å². The van der Waals surface area contributed by atoms with Crippen LogP contribution >= 0.6 is 0 Å². The van der Waals surface area contributed by atoms with E-state index in [-0.39, 0.29) is 18.2 Å². The van der Waals surface area contributed by atoms with Crippen LogP contribution in [0.4, 0.5) is 0 Å². The van der Waals surface area contributed by atoms with Crippen molar-refractivity contribution in [1.82, 2.24) is 10.6 Å². The first-order valence-electron chi connectivity index (χ1n) is 4.78. The van der Waals surface area contributed by atoms with Crippen molar-refractivity contribution < 1.29 is 14.4 Å². The Bertz CT molecular complexity index is 330. The van der Waals surface area contributed by atoms with Gasteiger partial charge in [-0.3, -0.25) is 19.7 Å². The zero-order valence-electron chi connectivity index (χ0n) is 8.79. The van der Waals surface area contributed by atoms with Crippen LogP contribution < -0.4 is 10.6 Å². The number of nitrogens with one attached hydrogen (secondary N) is 2. The molecule has 0 saturated carbocycles. The highest BCUT2D eigenvalue weighted by Crippen LogP contribution is 2.04. The zero-order valence-corrected chi connectivity index (χ0v) is 8.79. The number of hydrogen-bond acceptors (Lipinski definition) is 3. The van der Waals surface area contributed by atoms with Gasteiger partial charge >= 0.3 is 0 Å². The highest BCUT2D eigenvalue weighted by molar-refractivity contribution is 6.02. The minimum absolute atomic E-state index is 0.269. The lowest BCUT2D eigenvalue weighted by atomic mass is 10.1. The Morgan fingerprint density at radius 1 is 1.47 bits per heavy atom. The molecule has 82 valence electrons. The minimum Gasteiger partial charge on any atom is -0.341 e. The van der Waals surface area contributed by atoms with Crippen LogP contribution in [0.5, 0.6) is 0 Å². The quantitative estimate of drug-likeness (QED) is 0.492. The summed E-state index contributed by atoms with van der Waals surface area (Å²) in [4.78, 5) is 33.4. The second-order valence-electron chi connectivity index (χ2n) is 3.73. The van der Waals surface area contributed by atoms with E-state index in [2.05, 4.69) is 10.6 Å². The molecule has 1 fully saturated rings. The van der Waals surface area contributed by atoms with Crippen LogP contribution in [0.15, 0.2) is 11.6 Å². The molecule has 0 radical (unpaired) electrons. The molecular formula is C10H14N2O3. The third-order valence-corrected chi connectivity index (χ3v) is 1.98. The van der Waals surface area contributed by atoms with Gasteiger partial charge in [0.15, 0.2) is 0 Å². The highest BCUT2D eigenvalue weighted by atomic mass is 16.2. The van der Waals surface area contributed by atoms with Crippen molar-refractivity contribution in [3.63, 3.8) is 0 Å². The Labute approximate surface area is 87.9 Å². The van der Waals surface area contributed by atoms with Crippen molar-refractivity contribution in [2.75, 3.05) is 0 Å². The SMILES string of the molecule is CC(C)=CC(=O)NC1CCC(=O)NC1=O. The van der Waals surface area contributed by atoms with Crippen LogP contribution in [0, 0.1) is 0 Å². The molecule has 15 heavy (non-hydrogen) atoms. The summed E-state index contributed by atoms with van der Waals surface area (Å²) >= 11 is 0. The van der Waals surface area contributed by atoms with E-state index in [9.17, 15) is 14.4 Å². The number of piperidine rings is 1. The van der Waals surface area contributed by atoms with E-state index in [1.54, 1.807) is 13.8 Å². The molecule has 1 rings (SSSR count). The molecule has 5 heteroatoms. The molecule has 1 atom stereocenters. The van der Waals surface area contributed by atoms with Gasteiger partial charge in [-0.25, -0.2) is 0 Å². The normalized spacial score (nSPS) is 20.5. The number of amides is 3. The summed E-state index contributed by atoms with van der Waals surface area (Å²) in [6.45, 7) is 3.59. The molecule has 1 heterocycles. The van der Waals surface area contributed by atoms with E-state index in [4.69, 9.17) is 0 Å². The van der Waals surface area contributed by atoms with Gasteiger partial charge < -0.3 is 5.32 Å². The molecule has 0 aromatic rings. The monoisotopic (exact) mass is 210 g/mol. The van der Waals surface area contributed by atoms with Gasteiger partial charge in [0.1, 0.15) is 6.04 Å². The van der Waals surface area contributed by atoms with Gasteiger partial charge in [-0.15, -0.1) is 0 Å². The smallest absolute Gasteiger partial charge is 0.249 e. The van der Waals surface area contributed by atoms with Gasteiger partial charge in [0.2, 0.25) is 17.7 Å². The summed E-state index contributed by atoms with van der Waals surface area (Å²) in [5, 5.41) is 4.72. The maximum atomic E-state index is 11.3. The van der Waals surface area contributed by atoms with Gasteiger partial charge in [0, 0.05) is 12.5 Å². The number of imide groups is 1. The number of rotatable bonds is 2. The van der Waals surface area contributed by atoms with Crippen molar-refractivity contribution in [2.24, 2.45) is 0 Å². The topological polar surface area (TPSA) is 75.3 Å². The Balaban J connectivity index is 2.52. The second-order valence-corrected chi connectivity index (χ2v) is 3.73. The molecule has 1 unspecified atom stereocenters. The molecule has 1 aliphatic rings. The Kier molecular flexibility index (Phi) is 3.60. The first-order valence-corrected chi connectivity index (χ1v) is 4.78. The molecule has 0 aromatic carbocycles. The molecule has 0 aromatic heterocycles. The Morgan fingerprint density at radius 3 is 2.67 bits per heavy atom. The maximum Gasteiger partial charge on any atom is 0.249 e. The fraction of sp³-hybridized carbons (Fsp3) is 0.500. The molecule has 0 aliphatic carbocycles. The van der Waals surface area contributed by atoms with Gasteiger partial charge in [-0.05, 0) is 20.3 Å². The van der Waals surface area contributed by atoms with Crippen LogP contribution in [0.2, 0.25) is 0 Å². The van der Waals surface area contributed by atoms with Gasteiger partial charge in [0.05, 0.1) is 0 Å². The third kappa shape index (κ3) is 3.53. The summed E-state index contributed by atoms with van der Waals surface area (Å²) in [5.41, 5.74) is 0.861. The van der Waals surface area contributed by atoms with Crippen molar-refractivity contribution in [3.05, 3.63) is 11.6 Å². The third-order valence-electron chi connectivity index (χ3n) is 1.98. The van der Waals surface area contributed by atoms with E-state index in [1.807, 2.05) is 0 Å². The van der Waals surface area contributed by atoms with E-state index in [0.29, 0.717) is 6.42 Å². The summed E-state index contributed by atoms with van der Waals surface area (Å²) in [7, 11) is 0. The average molecular weight is 210 g/mol. The van der Waals surface area contributed by atoms with Crippen molar-refractivity contribution in [3.8, 4) is 0 Å². The van der Waals surface area contributed by atoms with E-state index >= 15 is 0 Å². The number of carbonyl (C=O) groups is 3. The molecule has 1 saturated heterocycles. The van der Waals surface area contributed by atoms with Gasteiger partial charge in [-0.1, -0.05) is 5.57 Å². The van der Waals surface area contributed by atoms with Crippen LogP contribution in [-0.4, -0.2) is 23.8 Å². The molecule has 5 nitrogen and oxygen atoms in total. The standard InChI is InChI=1S/C10H14N2O3/c1-6(2)5-9(14)11-7-3-4-8(13)12-10(7)15/h5,7H,3-4H2,1-2H3,(H,11,14)(H,12,13,15). The van der Waals surface area contributed by atoms with Gasteiger partial charge in [-0.2, -0.15) is 0 Å². The van der Waals surface area contributed by atoms with Crippen LogP contribution in [0.1, 0.15) is 26.7 Å². The molecule has 0 spiro atoms. The number of hydrogen-bond donors (Lipinski definition) is 2. The summed E-state index contributed by atoms with van der Waals surface area (Å²) in [6.07, 6.45) is 2.06.